The van der Waals surface area contributed by atoms with E-state index in [0.29, 0.717) is 22.7 Å². The fraction of sp³-hybridized carbons (Fsp3) is 0.0435. The van der Waals surface area contributed by atoms with Gasteiger partial charge in [0.2, 0.25) is 0 Å². The first-order chi connectivity index (χ1) is 13.7. The van der Waals surface area contributed by atoms with Gasteiger partial charge in [0.15, 0.2) is 6.61 Å². The first-order valence-corrected chi connectivity index (χ1v) is 8.72. The van der Waals surface area contributed by atoms with Crippen LogP contribution in [0.4, 0.5) is 11.4 Å². The molecule has 1 aliphatic heterocycles. The minimum absolute atomic E-state index is 0.0554. The molecule has 0 fully saturated rings. The van der Waals surface area contributed by atoms with Crippen LogP contribution < -0.4 is 15.4 Å². The average molecular weight is 368 g/mol. The van der Waals surface area contributed by atoms with Crippen molar-refractivity contribution in [2.75, 3.05) is 17.2 Å². The number of rotatable bonds is 2. The normalized spacial score (nSPS) is 11.9. The Balaban J connectivity index is 1.49. The van der Waals surface area contributed by atoms with E-state index in [4.69, 9.17) is 4.74 Å². The van der Waals surface area contributed by atoms with Crippen LogP contribution in [0.2, 0.25) is 0 Å². The Morgan fingerprint density at radius 1 is 0.929 bits per heavy atom. The average Bonchev–Trinajstić information content (AvgIpc) is 2.73. The summed E-state index contributed by atoms with van der Waals surface area (Å²) in [6.45, 7) is -0.0554. The van der Waals surface area contributed by atoms with Gasteiger partial charge in [-0.05, 0) is 48.5 Å². The second kappa shape index (κ2) is 7.68. The maximum atomic E-state index is 12.6. The van der Waals surface area contributed by atoms with E-state index < -0.39 is 0 Å². The summed E-state index contributed by atoms with van der Waals surface area (Å²) in [7, 11) is 0. The summed E-state index contributed by atoms with van der Waals surface area (Å²) < 4.78 is 5.36. The fourth-order valence-electron chi connectivity index (χ4n) is 2.76. The number of benzene rings is 3. The zero-order valence-electron chi connectivity index (χ0n) is 14.9. The van der Waals surface area contributed by atoms with Gasteiger partial charge in [-0.15, -0.1) is 0 Å². The molecule has 2 N–H and O–H groups in total. The molecule has 0 aromatic heterocycles. The summed E-state index contributed by atoms with van der Waals surface area (Å²) in [6.07, 6.45) is 0. The number of ether oxygens (including phenoxy) is 1. The van der Waals surface area contributed by atoms with Crippen LogP contribution in [0.1, 0.15) is 21.5 Å². The molecule has 0 spiro atoms. The summed E-state index contributed by atoms with van der Waals surface area (Å²) >= 11 is 0. The number of fused-ring (bicyclic) bond motifs is 1. The molecule has 0 unspecified atom stereocenters. The molecule has 0 atom stereocenters. The maximum absolute atomic E-state index is 12.6. The number of amides is 2. The highest BCUT2D eigenvalue weighted by Crippen LogP contribution is 2.28. The standard InChI is InChI=1S/C23H16N2O3/c26-22-15-28-21-14-18(11-12-20(21)25-22)23(27)24-19-8-4-7-17(13-19)10-9-16-5-2-1-3-6-16/h1-8,11-14H,15H2,(H,24,27)(H,25,26). The number of nitrogens with one attached hydrogen (secondary N) is 2. The van der Waals surface area contributed by atoms with Crippen LogP contribution in [0.25, 0.3) is 0 Å². The molecule has 5 nitrogen and oxygen atoms in total. The third-order valence-electron chi connectivity index (χ3n) is 4.12. The van der Waals surface area contributed by atoms with Crippen molar-refractivity contribution in [3.05, 3.63) is 89.5 Å². The van der Waals surface area contributed by atoms with Crippen LogP contribution in [-0.4, -0.2) is 18.4 Å². The van der Waals surface area contributed by atoms with E-state index in [9.17, 15) is 9.59 Å². The van der Waals surface area contributed by atoms with Gasteiger partial charge in [-0.1, -0.05) is 36.1 Å². The van der Waals surface area contributed by atoms with Crippen molar-refractivity contribution in [3.8, 4) is 17.6 Å². The molecule has 0 aliphatic carbocycles. The summed E-state index contributed by atoms with van der Waals surface area (Å²) in [5.41, 5.74) is 3.38. The van der Waals surface area contributed by atoms with E-state index in [2.05, 4.69) is 22.5 Å². The molecule has 0 saturated carbocycles. The van der Waals surface area contributed by atoms with E-state index in [1.165, 1.54) is 0 Å². The van der Waals surface area contributed by atoms with Crippen LogP contribution in [0, 0.1) is 11.8 Å². The molecule has 0 saturated heterocycles. The highest BCUT2D eigenvalue weighted by Gasteiger charge is 2.17. The van der Waals surface area contributed by atoms with Crippen molar-refractivity contribution in [1.82, 2.24) is 0 Å². The molecule has 4 rings (SSSR count). The Morgan fingerprint density at radius 2 is 1.71 bits per heavy atom. The van der Waals surface area contributed by atoms with E-state index in [0.717, 1.165) is 11.1 Å². The van der Waals surface area contributed by atoms with Gasteiger partial charge in [0, 0.05) is 22.4 Å². The largest absolute Gasteiger partial charge is 0.482 e. The molecular weight excluding hydrogens is 352 g/mol. The van der Waals surface area contributed by atoms with Crippen molar-refractivity contribution >= 4 is 23.2 Å². The molecular formula is C23H16N2O3. The lowest BCUT2D eigenvalue weighted by Crippen LogP contribution is -2.25. The predicted molar refractivity (Wildman–Crippen MR) is 107 cm³/mol. The van der Waals surface area contributed by atoms with Gasteiger partial charge in [0.05, 0.1) is 5.69 Å². The van der Waals surface area contributed by atoms with Crippen molar-refractivity contribution in [3.63, 3.8) is 0 Å². The fourth-order valence-corrected chi connectivity index (χ4v) is 2.76. The first-order valence-electron chi connectivity index (χ1n) is 8.72. The van der Waals surface area contributed by atoms with Crippen LogP contribution in [-0.2, 0) is 4.79 Å². The Morgan fingerprint density at radius 3 is 2.57 bits per heavy atom. The molecule has 28 heavy (non-hydrogen) atoms. The van der Waals surface area contributed by atoms with Gasteiger partial charge in [-0.3, -0.25) is 9.59 Å². The zero-order valence-corrected chi connectivity index (χ0v) is 14.9. The van der Waals surface area contributed by atoms with Gasteiger partial charge in [-0.2, -0.15) is 0 Å². The lowest BCUT2D eigenvalue weighted by molar-refractivity contribution is -0.118. The lowest BCUT2D eigenvalue weighted by atomic mass is 10.1. The minimum Gasteiger partial charge on any atom is -0.482 e. The smallest absolute Gasteiger partial charge is 0.262 e. The van der Waals surface area contributed by atoms with E-state index in [-0.39, 0.29) is 18.4 Å². The molecule has 136 valence electrons. The maximum Gasteiger partial charge on any atom is 0.262 e. The Kier molecular flexibility index (Phi) is 4.77. The molecule has 2 amide bonds. The monoisotopic (exact) mass is 368 g/mol. The van der Waals surface area contributed by atoms with Crippen molar-refractivity contribution in [2.45, 2.75) is 0 Å². The predicted octanol–water partition coefficient (Wildman–Crippen LogP) is 3.67. The van der Waals surface area contributed by atoms with Crippen molar-refractivity contribution < 1.29 is 14.3 Å². The highest BCUT2D eigenvalue weighted by atomic mass is 16.5. The van der Waals surface area contributed by atoms with E-state index >= 15 is 0 Å². The van der Waals surface area contributed by atoms with Crippen LogP contribution in [0.5, 0.6) is 5.75 Å². The quantitative estimate of drug-likeness (QED) is 0.678. The Hall–Kier alpha value is -4.04. The van der Waals surface area contributed by atoms with Crippen molar-refractivity contribution in [2.24, 2.45) is 0 Å². The SMILES string of the molecule is O=C1COc2cc(C(=O)Nc3cccc(C#Cc4ccccc4)c3)ccc2N1. The topological polar surface area (TPSA) is 67.4 Å². The van der Waals surface area contributed by atoms with Gasteiger partial charge >= 0.3 is 0 Å². The van der Waals surface area contributed by atoms with Gasteiger partial charge < -0.3 is 15.4 Å². The third-order valence-corrected chi connectivity index (χ3v) is 4.12. The molecule has 0 bridgehead atoms. The molecule has 1 heterocycles. The van der Waals surface area contributed by atoms with Crippen LogP contribution in [0.15, 0.2) is 72.8 Å². The highest BCUT2D eigenvalue weighted by molar-refractivity contribution is 6.05. The first kappa shape index (κ1) is 17.4. The number of hydrogen-bond donors (Lipinski definition) is 2. The number of hydrogen-bond acceptors (Lipinski definition) is 3. The van der Waals surface area contributed by atoms with Crippen LogP contribution in [0.3, 0.4) is 0 Å². The molecule has 3 aromatic rings. The van der Waals surface area contributed by atoms with Crippen LogP contribution >= 0.6 is 0 Å². The second-order valence-corrected chi connectivity index (χ2v) is 6.20. The summed E-state index contributed by atoms with van der Waals surface area (Å²) in [5, 5.41) is 5.56. The lowest BCUT2D eigenvalue weighted by Gasteiger charge is -2.18. The van der Waals surface area contributed by atoms with E-state index in [1.54, 1.807) is 24.3 Å². The molecule has 3 aromatic carbocycles. The van der Waals surface area contributed by atoms with Gasteiger partial charge in [-0.25, -0.2) is 0 Å². The van der Waals surface area contributed by atoms with Crippen molar-refractivity contribution in [1.29, 1.82) is 0 Å². The van der Waals surface area contributed by atoms with Gasteiger partial charge in [0.25, 0.3) is 11.8 Å². The summed E-state index contributed by atoms with van der Waals surface area (Å²) in [4.78, 5) is 23.9. The molecule has 5 heteroatoms. The number of carbonyl (C=O) groups excluding carboxylic acids is 2. The number of anilines is 2. The summed E-state index contributed by atoms with van der Waals surface area (Å²) in [6, 6.07) is 22.0. The van der Waals surface area contributed by atoms with E-state index in [1.807, 2.05) is 48.5 Å². The Bertz CT molecular complexity index is 1110. The minimum atomic E-state index is -0.267. The zero-order chi connectivity index (χ0) is 19.3. The second-order valence-electron chi connectivity index (χ2n) is 6.20. The molecule has 0 radical (unpaired) electrons. The molecule has 1 aliphatic rings. The summed E-state index contributed by atoms with van der Waals surface area (Å²) in [5.74, 6) is 6.20. The third kappa shape index (κ3) is 4.02. The van der Waals surface area contributed by atoms with Gasteiger partial charge in [0.1, 0.15) is 5.75 Å². The number of carbonyl (C=O) groups is 2. The Labute approximate surface area is 162 Å².